The molecule has 10 nitrogen and oxygen atoms in total. The van der Waals surface area contributed by atoms with Gasteiger partial charge >= 0.3 is 0 Å². The molecule has 0 bridgehead atoms. The molecule has 47 heavy (non-hydrogen) atoms. The molecule has 0 unspecified atom stereocenters. The molecule has 0 radical (unpaired) electrons. The molecule has 0 rings (SSSR count). The highest BCUT2D eigenvalue weighted by atomic mass is 35.5. The number of rotatable bonds is 20. The minimum atomic E-state index is -4.62. The molecule has 276 valence electrons. The first-order chi connectivity index (χ1) is 20.9. The van der Waals surface area contributed by atoms with Crippen molar-refractivity contribution in [3.8, 4) is 0 Å². The molecule has 0 heterocycles. The lowest BCUT2D eigenvalue weighted by molar-refractivity contribution is -0.878. The molecule has 0 aliphatic heterocycles. The second-order valence-electron chi connectivity index (χ2n) is 13.1. The highest BCUT2D eigenvalue weighted by Gasteiger charge is 2.09. The molecular weight excluding hydrogens is 637 g/mol. The van der Waals surface area contributed by atoms with Crippen molar-refractivity contribution < 1.29 is 54.6 Å². The number of nitrogens with zero attached hydrogens (tertiary/aromatic N) is 4. The first-order valence-corrected chi connectivity index (χ1v) is 16.7. The van der Waals surface area contributed by atoms with Crippen molar-refractivity contribution in [3.63, 3.8) is 0 Å². The number of quaternary nitrogens is 4. The van der Waals surface area contributed by atoms with Crippen LogP contribution in [0.2, 0.25) is 0 Å². The normalized spacial score (nSPS) is 10.8. The number of carbonyl (C=O) groups is 1. The summed E-state index contributed by atoms with van der Waals surface area (Å²) >= 11 is 0. The van der Waals surface area contributed by atoms with Gasteiger partial charge in [-0.2, -0.15) is 0 Å². The Labute approximate surface area is 295 Å². The van der Waals surface area contributed by atoms with E-state index >= 15 is 0 Å². The molecule has 0 aromatic carbocycles. The van der Waals surface area contributed by atoms with E-state index in [0.29, 0.717) is 0 Å². The van der Waals surface area contributed by atoms with Gasteiger partial charge in [0.05, 0.1) is 115 Å². The van der Waals surface area contributed by atoms with E-state index in [9.17, 15) is 24.3 Å². The number of carboxylic acid groups (broad SMARTS) is 1. The highest BCUT2D eigenvalue weighted by molar-refractivity contribution is 7.48. The number of halogens is 1. The van der Waals surface area contributed by atoms with E-state index in [1.165, 1.54) is 0 Å². The lowest BCUT2D eigenvalue weighted by Gasteiger charge is -2.29. The van der Waals surface area contributed by atoms with Crippen LogP contribution in [0.5, 0.6) is 0 Å². The fourth-order valence-electron chi connectivity index (χ4n) is 3.39. The monoisotopic (exact) mass is 705 g/mol. The third kappa shape index (κ3) is 56.4. The average molecular weight is 706 g/mol. The minimum Gasteiger partial charge on any atom is -1.00 e. The summed E-state index contributed by atoms with van der Waals surface area (Å²) in [5, 5.41) is 11.5. The largest absolute Gasteiger partial charge is 1.00 e. The van der Waals surface area contributed by atoms with Crippen molar-refractivity contribution in [1.29, 1.82) is 0 Å². The molecule has 0 saturated carbocycles. The molecule has 0 fully saturated rings. The molecule has 0 spiro atoms. The number of aliphatic carboxylic acids is 1. The summed E-state index contributed by atoms with van der Waals surface area (Å²) in [5.74, 6) is -1.45. The topological polar surface area (TPSA) is 115 Å². The van der Waals surface area contributed by atoms with Crippen molar-refractivity contribution in [1.82, 2.24) is 5.32 Å². The maximum Gasteiger partial charge on any atom is 0.0969 e. The fourth-order valence-corrected chi connectivity index (χ4v) is 3.77. The zero-order valence-electron chi connectivity index (χ0n) is 31.0. The van der Waals surface area contributed by atoms with Gasteiger partial charge in [-0.05, 0) is 48.6 Å². The third-order valence-corrected chi connectivity index (χ3v) is 6.17. The number of hydrogen-bond donors (Lipinski definition) is 1. The van der Waals surface area contributed by atoms with Gasteiger partial charge in [0.1, 0.15) is 0 Å². The van der Waals surface area contributed by atoms with Crippen LogP contribution < -0.4 is 32.6 Å². The number of carbonyl (C=O) groups excluding carboxylic acids is 1. The van der Waals surface area contributed by atoms with Crippen molar-refractivity contribution in [2.24, 2.45) is 0 Å². The van der Waals surface area contributed by atoms with Gasteiger partial charge in [-0.25, -0.2) is 0 Å². The van der Waals surface area contributed by atoms with E-state index in [4.69, 9.17) is 0 Å². The van der Waals surface area contributed by atoms with Gasteiger partial charge in [0.2, 0.25) is 0 Å². The van der Waals surface area contributed by atoms with Crippen LogP contribution in [0.15, 0.2) is 101 Å². The van der Waals surface area contributed by atoms with Crippen LogP contribution in [-0.4, -0.2) is 145 Å². The maximum absolute atomic E-state index is 9.81. The SMILES string of the molecule is C=CC[N+](C)(C)CC=C.C=CC[N+](C)(C)CC=C.C=CC[N+](C)(C)CC=C.C=CC[N+](C)(C)CC=C.O=C([O-])CNCP(=O)([O-])[O-].[Cl-]. The van der Waals surface area contributed by atoms with E-state index in [2.05, 4.69) is 109 Å². The van der Waals surface area contributed by atoms with E-state index in [-0.39, 0.29) is 12.4 Å². The van der Waals surface area contributed by atoms with E-state index < -0.39 is 26.4 Å². The van der Waals surface area contributed by atoms with Crippen LogP contribution in [0.4, 0.5) is 0 Å². The predicted molar refractivity (Wildman–Crippen MR) is 194 cm³/mol. The van der Waals surface area contributed by atoms with E-state index in [0.717, 1.165) is 70.3 Å². The summed E-state index contributed by atoms with van der Waals surface area (Å²) in [5.41, 5.74) is 0. The molecule has 0 aliphatic rings. The number of hydrogen-bond acceptors (Lipinski definition) is 6. The van der Waals surface area contributed by atoms with Gasteiger partial charge in [0, 0.05) is 12.8 Å². The Morgan fingerprint density at radius 2 is 0.702 bits per heavy atom. The van der Waals surface area contributed by atoms with Crippen molar-refractivity contribution >= 4 is 13.6 Å². The van der Waals surface area contributed by atoms with Crippen LogP contribution in [0.25, 0.3) is 0 Å². The molecule has 0 amide bonds. The molecule has 12 heteroatoms. The second-order valence-corrected chi connectivity index (χ2v) is 14.6. The van der Waals surface area contributed by atoms with Crippen molar-refractivity contribution in [2.75, 3.05) is 122 Å². The molecule has 0 aliphatic carbocycles. The van der Waals surface area contributed by atoms with Crippen LogP contribution >= 0.6 is 7.60 Å². The Hall–Kier alpha value is -2.37. The molecule has 1 N–H and O–H groups in total. The second kappa shape index (κ2) is 32.2. The number of nitrogens with one attached hydrogen (secondary N) is 1. The lowest BCUT2D eigenvalue weighted by Crippen LogP contribution is -3.00. The number of likely N-dealkylation sites (N-methyl/N-ethyl adjacent to an activating group) is 4. The van der Waals surface area contributed by atoms with Crippen molar-refractivity contribution in [3.05, 3.63) is 101 Å². The Kier molecular flexibility index (Phi) is 39.0. The molecule has 0 saturated heterocycles. The Morgan fingerprint density at radius 3 is 0.809 bits per heavy atom. The van der Waals surface area contributed by atoms with Crippen LogP contribution in [0, 0.1) is 0 Å². The quantitative estimate of drug-likeness (QED) is 0.0982. The summed E-state index contributed by atoms with van der Waals surface area (Å²) in [6.07, 6.45) is 14.6. The predicted octanol–water partition coefficient (Wildman–Crippen LogP) is -1.06. The van der Waals surface area contributed by atoms with Gasteiger partial charge in [-0.3, -0.25) is 0 Å². The van der Waals surface area contributed by atoms with Gasteiger partial charge < -0.3 is 59.9 Å². The lowest BCUT2D eigenvalue weighted by atomic mass is 10.4. The Bertz CT molecular complexity index is 785. The fraction of sp³-hybridized carbons (Fsp3) is 0.514. The minimum absolute atomic E-state index is 0. The number of carboxylic acids is 1. The van der Waals surface area contributed by atoms with Crippen LogP contribution in [0.1, 0.15) is 0 Å². The Morgan fingerprint density at radius 1 is 0.532 bits per heavy atom. The van der Waals surface area contributed by atoms with Gasteiger partial charge in [0.25, 0.3) is 0 Å². The van der Waals surface area contributed by atoms with Gasteiger partial charge in [-0.15, -0.1) is 0 Å². The molecule has 0 aromatic heterocycles. The zero-order chi connectivity index (χ0) is 37.5. The third-order valence-electron chi connectivity index (χ3n) is 5.56. The van der Waals surface area contributed by atoms with Gasteiger partial charge in [0.15, 0.2) is 0 Å². The average Bonchev–Trinajstić information content (AvgIpc) is 2.84. The first kappa shape index (κ1) is 56.9. The summed E-state index contributed by atoms with van der Waals surface area (Å²) < 4.78 is 13.6. The Balaban J connectivity index is -0.000000111. The van der Waals surface area contributed by atoms with Crippen LogP contribution in [0.3, 0.4) is 0 Å². The first-order valence-electron chi connectivity index (χ1n) is 15.0. The standard InChI is InChI=1S/4C8H16N.C3H8NO5P.ClH/c4*1-5-7-9(3,4)8-6-2;5-3(6)1-4-2-10(7,8)9;/h4*5-6H,1-2,7-8H2,3-4H3;4H,1-2H2,(H,5,6)(H2,7,8,9);1H/q4*+1;;/p-4. The zero-order valence-corrected chi connectivity index (χ0v) is 32.7. The summed E-state index contributed by atoms with van der Waals surface area (Å²) in [6.45, 7) is 36.8. The smallest absolute Gasteiger partial charge is 0.0969 e. The van der Waals surface area contributed by atoms with E-state index in [1.807, 2.05) is 53.9 Å². The maximum atomic E-state index is 9.81. The summed E-state index contributed by atoms with van der Waals surface area (Å²) in [4.78, 5) is 29.2. The summed E-state index contributed by atoms with van der Waals surface area (Å²) in [6, 6.07) is 0. The van der Waals surface area contributed by atoms with Crippen LogP contribution in [-0.2, 0) is 9.36 Å². The summed E-state index contributed by atoms with van der Waals surface area (Å²) in [7, 11) is 12.6. The van der Waals surface area contributed by atoms with Crippen molar-refractivity contribution in [2.45, 2.75) is 0 Å². The van der Waals surface area contributed by atoms with Gasteiger partial charge in [-0.1, -0.05) is 60.2 Å². The molecule has 0 aromatic rings. The van der Waals surface area contributed by atoms with E-state index in [1.54, 1.807) is 0 Å². The molecule has 0 atom stereocenters. The highest BCUT2D eigenvalue weighted by Crippen LogP contribution is 2.18. The molecular formula is C35H69ClN5O5P.